The molecule has 5 heteroatoms. The largest absolute Gasteiger partial charge is 0.496 e. The minimum atomic E-state index is -0.324. The summed E-state index contributed by atoms with van der Waals surface area (Å²) in [5.74, 6) is 0.173. The molecule has 1 heterocycles. The maximum Gasteiger partial charge on any atom is 0.132 e. The molecule has 4 nitrogen and oxygen atoms in total. The van der Waals surface area contributed by atoms with Crippen LogP contribution in [0.2, 0.25) is 0 Å². The van der Waals surface area contributed by atoms with E-state index in [-0.39, 0.29) is 12.4 Å². The molecule has 3 N–H and O–H groups in total. The molecule has 0 saturated carbocycles. The predicted octanol–water partition coefficient (Wildman–Crippen LogP) is 6.18. The van der Waals surface area contributed by atoms with Crippen molar-refractivity contribution in [3.05, 3.63) is 100 Å². The molecular weight excluding hydrogens is 475 g/mol. The molecule has 0 spiro atoms. The molecule has 0 amide bonds. The van der Waals surface area contributed by atoms with Gasteiger partial charge in [-0.3, -0.25) is 0 Å². The van der Waals surface area contributed by atoms with Crippen LogP contribution in [0.4, 0.5) is 4.39 Å². The third kappa shape index (κ3) is 5.10. The highest BCUT2D eigenvalue weighted by molar-refractivity contribution is 5.84. The molecule has 5 rings (SSSR count). The smallest absolute Gasteiger partial charge is 0.132 e. The predicted molar refractivity (Wildman–Crippen MR) is 153 cm³/mol. The van der Waals surface area contributed by atoms with Gasteiger partial charge >= 0.3 is 0 Å². The number of fused-ring (bicyclic) bond motifs is 1. The van der Waals surface area contributed by atoms with Gasteiger partial charge in [-0.15, -0.1) is 0 Å². The monoisotopic (exact) mass is 510 g/mol. The van der Waals surface area contributed by atoms with Gasteiger partial charge in [0.05, 0.1) is 13.7 Å². The van der Waals surface area contributed by atoms with Gasteiger partial charge in [0.1, 0.15) is 11.6 Å². The van der Waals surface area contributed by atoms with Crippen molar-refractivity contribution in [2.24, 2.45) is 0 Å². The van der Waals surface area contributed by atoms with Crippen molar-refractivity contribution >= 4 is 0 Å². The zero-order valence-electron chi connectivity index (χ0n) is 22.3. The second-order valence-corrected chi connectivity index (χ2v) is 9.91. The number of hydrogen-bond acceptors (Lipinski definition) is 4. The van der Waals surface area contributed by atoms with Crippen LogP contribution in [0.1, 0.15) is 27.8 Å². The SMILES string of the molecule is COc1cc(-c2cccc(-c3cccc(-c4ccc5c(c4)CCNC5)c3C)c2C)cc(F)c1CNCCO. The van der Waals surface area contributed by atoms with E-state index in [9.17, 15) is 0 Å². The lowest BCUT2D eigenvalue weighted by atomic mass is 9.87. The molecule has 4 aromatic rings. The van der Waals surface area contributed by atoms with Gasteiger partial charge < -0.3 is 20.5 Å². The molecule has 0 saturated heterocycles. The quantitative estimate of drug-likeness (QED) is 0.248. The number of aliphatic hydroxyl groups excluding tert-OH is 1. The summed E-state index contributed by atoms with van der Waals surface area (Å²) >= 11 is 0. The summed E-state index contributed by atoms with van der Waals surface area (Å²) in [6, 6.07) is 23.0. The molecular formula is C33H35FN2O2. The highest BCUT2D eigenvalue weighted by Crippen LogP contribution is 2.38. The standard InChI is InChI=1S/C33H35FN2O2/c1-21-27(24-10-11-25-19-35-13-12-23(25)16-24)6-4-8-29(21)30-9-5-7-28(22(30)2)26-17-32(34)31(20-36-14-15-37)33(18-26)38-3/h4-11,16-18,35-37H,12-15,19-20H2,1-3H3. The number of benzene rings is 4. The van der Waals surface area contributed by atoms with Crippen LogP contribution in [0, 0.1) is 19.7 Å². The van der Waals surface area contributed by atoms with Crippen LogP contribution >= 0.6 is 0 Å². The lowest BCUT2D eigenvalue weighted by Crippen LogP contribution is -2.23. The van der Waals surface area contributed by atoms with E-state index in [1.165, 1.54) is 33.4 Å². The molecule has 196 valence electrons. The summed E-state index contributed by atoms with van der Waals surface area (Å²) in [6.07, 6.45) is 1.05. The zero-order valence-corrected chi connectivity index (χ0v) is 22.3. The molecule has 0 radical (unpaired) electrons. The Kier molecular flexibility index (Phi) is 7.89. The van der Waals surface area contributed by atoms with Gasteiger partial charge in [-0.2, -0.15) is 0 Å². The van der Waals surface area contributed by atoms with Crippen LogP contribution in [-0.4, -0.2) is 31.9 Å². The third-order valence-corrected chi connectivity index (χ3v) is 7.64. The van der Waals surface area contributed by atoms with E-state index < -0.39 is 0 Å². The number of ether oxygens (including phenoxy) is 1. The van der Waals surface area contributed by atoms with Crippen LogP contribution in [-0.2, 0) is 19.5 Å². The number of methoxy groups -OCH3 is 1. The summed E-state index contributed by atoms with van der Waals surface area (Å²) in [5.41, 5.74) is 12.1. The molecule has 0 aromatic heterocycles. The van der Waals surface area contributed by atoms with Gasteiger partial charge in [0.2, 0.25) is 0 Å². The summed E-state index contributed by atoms with van der Waals surface area (Å²) in [7, 11) is 1.56. The van der Waals surface area contributed by atoms with E-state index in [1.54, 1.807) is 13.2 Å². The summed E-state index contributed by atoms with van der Waals surface area (Å²) in [6.45, 7) is 6.93. The highest BCUT2D eigenvalue weighted by atomic mass is 19.1. The van der Waals surface area contributed by atoms with Gasteiger partial charge in [0, 0.05) is 25.2 Å². The van der Waals surface area contributed by atoms with Crippen molar-refractivity contribution in [2.75, 3.05) is 26.8 Å². The Balaban J connectivity index is 1.54. The van der Waals surface area contributed by atoms with E-state index >= 15 is 4.39 Å². The Bertz CT molecular complexity index is 1460. The van der Waals surface area contributed by atoms with E-state index in [0.29, 0.717) is 24.4 Å². The Morgan fingerprint density at radius 3 is 2.24 bits per heavy atom. The first kappa shape index (κ1) is 26.1. The van der Waals surface area contributed by atoms with E-state index in [2.05, 4.69) is 66.9 Å². The Labute approximate surface area is 224 Å². The number of rotatable bonds is 8. The first-order valence-electron chi connectivity index (χ1n) is 13.2. The average molecular weight is 511 g/mol. The molecule has 0 bridgehead atoms. The summed E-state index contributed by atoms with van der Waals surface area (Å²) in [4.78, 5) is 0. The average Bonchev–Trinajstić information content (AvgIpc) is 2.94. The third-order valence-electron chi connectivity index (χ3n) is 7.64. The van der Waals surface area contributed by atoms with Crippen LogP contribution in [0.15, 0.2) is 66.7 Å². The van der Waals surface area contributed by atoms with Crippen LogP contribution in [0.5, 0.6) is 5.75 Å². The fourth-order valence-corrected chi connectivity index (χ4v) is 5.54. The van der Waals surface area contributed by atoms with Gasteiger partial charge in [-0.1, -0.05) is 54.6 Å². The summed E-state index contributed by atoms with van der Waals surface area (Å²) in [5, 5.41) is 15.5. The van der Waals surface area contributed by atoms with Gasteiger partial charge in [0.15, 0.2) is 0 Å². The molecule has 0 atom stereocenters. The molecule has 0 unspecified atom stereocenters. The summed E-state index contributed by atoms with van der Waals surface area (Å²) < 4.78 is 20.8. The van der Waals surface area contributed by atoms with Crippen molar-refractivity contribution in [2.45, 2.75) is 33.4 Å². The number of nitrogens with one attached hydrogen (secondary N) is 2. The number of halogens is 1. The zero-order chi connectivity index (χ0) is 26.6. The molecule has 0 aliphatic carbocycles. The Morgan fingerprint density at radius 1 is 0.868 bits per heavy atom. The van der Waals surface area contributed by atoms with Gasteiger partial charge in [-0.05, 0) is 94.6 Å². The first-order valence-corrected chi connectivity index (χ1v) is 13.2. The fourth-order valence-electron chi connectivity index (χ4n) is 5.54. The van der Waals surface area contributed by atoms with Crippen molar-refractivity contribution < 1.29 is 14.2 Å². The maximum absolute atomic E-state index is 15.2. The van der Waals surface area contributed by atoms with Gasteiger partial charge in [0.25, 0.3) is 0 Å². The number of aliphatic hydroxyl groups is 1. The fraction of sp³-hybridized carbons (Fsp3) is 0.273. The lowest BCUT2D eigenvalue weighted by Gasteiger charge is -2.20. The van der Waals surface area contributed by atoms with E-state index in [1.807, 2.05) is 18.2 Å². The Morgan fingerprint density at radius 2 is 1.55 bits per heavy atom. The second-order valence-electron chi connectivity index (χ2n) is 9.91. The molecule has 38 heavy (non-hydrogen) atoms. The second kappa shape index (κ2) is 11.5. The number of hydrogen-bond donors (Lipinski definition) is 3. The van der Waals surface area contributed by atoms with Crippen molar-refractivity contribution in [1.29, 1.82) is 0 Å². The lowest BCUT2D eigenvalue weighted by molar-refractivity contribution is 0.291. The first-order chi connectivity index (χ1) is 18.5. The molecule has 0 fully saturated rings. The highest BCUT2D eigenvalue weighted by Gasteiger charge is 2.17. The van der Waals surface area contributed by atoms with Crippen LogP contribution in [0.25, 0.3) is 33.4 Å². The van der Waals surface area contributed by atoms with Crippen LogP contribution < -0.4 is 15.4 Å². The topological polar surface area (TPSA) is 53.5 Å². The van der Waals surface area contributed by atoms with Crippen molar-refractivity contribution in [3.63, 3.8) is 0 Å². The molecule has 1 aliphatic rings. The Hall–Kier alpha value is -3.51. The molecule has 4 aromatic carbocycles. The van der Waals surface area contributed by atoms with Gasteiger partial charge in [-0.25, -0.2) is 4.39 Å². The van der Waals surface area contributed by atoms with Crippen molar-refractivity contribution in [1.82, 2.24) is 10.6 Å². The normalized spacial score (nSPS) is 12.9. The van der Waals surface area contributed by atoms with Crippen molar-refractivity contribution in [3.8, 4) is 39.1 Å². The minimum Gasteiger partial charge on any atom is -0.496 e. The maximum atomic E-state index is 15.2. The van der Waals surface area contributed by atoms with E-state index in [0.717, 1.165) is 41.8 Å². The van der Waals surface area contributed by atoms with E-state index in [4.69, 9.17) is 9.84 Å². The molecule has 1 aliphatic heterocycles. The minimum absolute atomic E-state index is 0.00141. The van der Waals surface area contributed by atoms with Crippen LogP contribution in [0.3, 0.4) is 0 Å².